The molecule has 0 aromatic heterocycles. The fraction of sp³-hybridized carbons (Fsp3) is 0.444. The Morgan fingerprint density at radius 1 is 1.14 bits per heavy atom. The number of benzene rings is 2. The molecule has 2 aromatic carbocycles. The van der Waals surface area contributed by atoms with Gasteiger partial charge in [-0.3, -0.25) is 9.29 Å². The zero-order valence-corrected chi connectivity index (χ0v) is 13.0. The first kappa shape index (κ1) is 15.3. The second kappa shape index (κ2) is 7.07. The molecule has 0 saturated carbocycles. The molecule has 22 heavy (non-hydrogen) atoms. The molecule has 1 saturated heterocycles. The standard InChI is InChI=1S/C18H23FN2O/c1-22-17-5-4-14-12-16(3-2-15(14)13-17)18(6-7-19)21-10-8-20-9-11-21/h2-5,12-13,18,20H,6-11H2,1H3/t18-/m1/s1. The van der Waals surface area contributed by atoms with Gasteiger partial charge >= 0.3 is 0 Å². The molecule has 0 amide bonds. The third-order valence-corrected chi connectivity index (χ3v) is 4.43. The molecule has 0 spiro atoms. The monoisotopic (exact) mass is 302 g/mol. The lowest BCUT2D eigenvalue weighted by atomic mass is 9.98. The first-order valence-corrected chi connectivity index (χ1v) is 7.90. The summed E-state index contributed by atoms with van der Waals surface area (Å²) in [7, 11) is 1.68. The Balaban J connectivity index is 1.91. The number of piperazine rings is 1. The number of halogens is 1. The highest BCUT2D eigenvalue weighted by Gasteiger charge is 2.22. The average molecular weight is 302 g/mol. The van der Waals surface area contributed by atoms with Gasteiger partial charge in [-0.15, -0.1) is 0 Å². The third kappa shape index (κ3) is 3.23. The molecule has 1 aliphatic rings. The summed E-state index contributed by atoms with van der Waals surface area (Å²) in [5.74, 6) is 0.864. The van der Waals surface area contributed by atoms with Crippen LogP contribution < -0.4 is 10.1 Å². The van der Waals surface area contributed by atoms with E-state index < -0.39 is 0 Å². The van der Waals surface area contributed by atoms with Gasteiger partial charge in [0.15, 0.2) is 0 Å². The van der Waals surface area contributed by atoms with Crippen LogP contribution in [0.15, 0.2) is 36.4 Å². The molecule has 3 rings (SSSR count). The molecule has 3 nitrogen and oxygen atoms in total. The van der Waals surface area contributed by atoms with E-state index in [0.717, 1.165) is 37.3 Å². The maximum atomic E-state index is 13.0. The van der Waals surface area contributed by atoms with Gasteiger partial charge in [0.1, 0.15) is 5.75 Å². The third-order valence-electron chi connectivity index (χ3n) is 4.43. The van der Waals surface area contributed by atoms with Crippen molar-refractivity contribution in [1.82, 2.24) is 10.2 Å². The van der Waals surface area contributed by atoms with Crippen molar-refractivity contribution < 1.29 is 9.13 Å². The van der Waals surface area contributed by atoms with Gasteiger partial charge in [0, 0.05) is 32.2 Å². The number of hydrogen-bond acceptors (Lipinski definition) is 3. The second-order valence-corrected chi connectivity index (χ2v) is 5.75. The van der Waals surface area contributed by atoms with E-state index in [4.69, 9.17) is 4.74 Å². The molecule has 1 N–H and O–H groups in total. The molecule has 1 atom stereocenters. The largest absolute Gasteiger partial charge is 0.497 e. The Morgan fingerprint density at radius 2 is 1.86 bits per heavy atom. The lowest BCUT2D eigenvalue weighted by molar-refractivity contribution is 0.157. The van der Waals surface area contributed by atoms with Crippen LogP contribution in [0.3, 0.4) is 0 Å². The highest BCUT2D eigenvalue weighted by molar-refractivity contribution is 5.84. The van der Waals surface area contributed by atoms with E-state index in [9.17, 15) is 4.39 Å². The van der Waals surface area contributed by atoms with E-state index in [2.05, 4.69) is 34.5 Å². The zero-order chi connectivity index (χ0) is 15.4. The van der Waals surface area contributed by atoms with Crippen LogP contribution in [0.5, 0.6) is 5.75 Å². The lowest BCUT2D eigenvalue weighted by Gasteiger charge is -2.35. The van der Waals surface area contributed by atoms with Crippen molar-refractivity contribution in [2.24, 2.45) is 0 Å². The van der Waals surface area contributed by atoms with Crippen LogP contribution in [-0.2, 0) is 0 Å². The van der Waals surface area contributed by atoms with Gasteiger partial charge in [0.25, 0.3) is 0 Å². The van der Waals surface area contributed by atoms with Crippen LogP contribution in [0.4, 0.5) is 4.39 Å². The van der Waals surface area contributed by atoms with Gasteiger partial charge in [-0.2, -0.15) is 0 Å². The van der Waals surface area contributed by atoms with Crippen molar-refractivity contribution in [3.63, 3.8) is 0 Å². The number of methoxy groups -OCH3 is 1. The molecule has 1 aliphatic heterocycles. The minimum atomic E-state index is -0.282. The highest BCUT2D eigenvalue weighted by atomic mass is 19.1. The predicted octanol–water partition coefficient (Wildman–Crippen LogP) is 3.15. The Hall–Kier alpha value is -1.65. The molecule has 0 aliphatic carbocycles. The van der Waals surface area contributed by atoms with Crippen LogP contribution in [0, 0.1) is 0 Å². The van der Waals surface area contributed by atoms with E-state index in [1.165, 1.54) is 10.9 Å². The molecule has 118 valence electrons. The van der Waals surface area contributed by atoms with E-state index >= 15 is 0 Å². The number of fused-ring (bicyclic) bond motifs is 1. The Labute approximate surface area is 131 Å². The first-order valence-electron chi connectivity index (χ1n) is 7.90. The second-order valence-electron chi connectivity index (χ2n) is 5.75. The molecule has 0 bridgehead atoms. The Kier molecular flexibility index (Phi) is 4.90. The zero-order valence-electron chi connectivity index (χ0n) is 13.0. The topological polar surface area (TPSA) is 24.5 Å². The maximum absolute atomic E-state index is 13.0. The maximum Gasteiger partial charge on any atom is 0.119 e. The molecule has 0 unspecified atom stereocenters. The normalized spacial score (nSPS) is 17.5. The molecular formula is C18H23FN2O. The van der Waals surface area contributed by atoms with Gasteiger partial charge in [-0.25, -0.2) is 0 Å². The minimum Gasteiger partial charge on any atom is -0.497 e. The van der Waals surface area contributed by atoms with Gasteiger partial charge in [-0.1, -0.05) is 18.2 Å². The number of rotatable bonds is 5. The summed E-state index contributed by atoms with van der Waals surface area (Å²) in [6.45, 7) is 3.63. The molecule has 1 heterocycles. The van der Waals surface area contributed by atoms with E-state index in [0.29, 0.717) is 6.42 Å². The highest BCUT2D eigenvalue weighted by Crippen LogP contribution is 2.29. The quantitative estimate of drug-likeness (QED) is 0.918. The number of nitrogens with one attached hydrogen (secondary N) is 1. The van der Waals surface area contributed by atoms with Crippen LogP contribution in [0.1, 0.15) is 18.0 Å². The molecule has 4 heteroatoms. The Bertz CT molecular complexity index is 626. The predicted molar refractivity (Wildman–Crippen MR) is 88.3 cm³/mol. The van der Waals surface area contributed by atoms with Crippen LogP contribution in [0.25, 0.3) is 10.8 Å². The molecule has 2 aromatic rings. The summed E-state index contributed by atoms with van der Waals surface area (Å²) < 4.78 is 18.3. The lowest BCUT2D eigenvalue weighted by Crippen LogP contribution is -2.45. The number of ether oxygens (including phenoxy) is 1. The van der Waals surface area contributed by atoms with E-state index in [1.54, 1.807) is 7.11 Å². The number of alkyl halides is 1. The summed E-state index contributed by atoms with van der Waals surface area (Å²) in [5, 5.41) is 5.69. The summed E-state index contributed by atoms with van der Waals surface area (Å²) in [6, 6.07) is 12.7. The van der Waals surface area contributed by atoms with Crippen molar-refractivity contribution in [2.75, 3.05) is 40.0 Å². The fourth-order valence-corrected chi connectivity index (χ4v) is 3.23. The summed E-state index contributed by atoms with van der Waals surface area (Å²) in [5.41, 5.74) is 1.21. The number of nitrogens with zero attached hydrogens (tertiary/aromatic N) is 1. The first-order chi connectivity index (χ1) is 10.8. The van der Waals surface area contributed by atoms with E-state index in [1.807, 2.05) is 12.1 Å². The van der Waals surface area contributed by atoms with E-state index in [-0.39, 0.29) is 12.7 Å². The van der Waals surface area contributed by atoms with Gasteiger partial charge < -0.3 is 10.1 Å². The SMILES string of the molecule is COc1ccc2cc([C@@H](CCF)N3CCNCC3)ccc2c1. The van der Waals surface area contributed by atoms with Crippen molar-refractivity contribution in [3.05, 3.63) is 42.0 Å². The van der Waals surface area contributed by atoms with Crippen molar-refractivity contribution in [2.45, 2.75) is 12.5 Å². The van der Waals surface area contributed by atoms with Gasteiger partial charge in [-0.05, 0) is 41.0 Å². The van der Waals surface area contributed by atoms with Crippen LogP contribution >= 0.6 is 0 Å². The molecular weight excluding hydrogens is 279 g/mol. The van der Waals surface area contributed by atoms with Crippen molar-refractivity contribution >= 4 is 10.8 Å². The summed E-state index contributed by atoms with van der Waals surface area (Å²) in [6.07, 6.45) is 0.557. The summed E-state index contributed by atoms with van der Waals surface area (Å²) in [4.78, 5) is 2.39. The van der Waals surface area contributed by atoms with Crippen molar-refractivity contribution in [3.8, 4) is 5.75 Å². The van der Waals surface area contributed by atoms with Gasteiger partial charge in [0.2, 0.25) is 0 Å². The summed E-state index contributed by atoms with van der Waals surface area (Å²) >= 11 is 0. The molecule has 0 radical (unpaired) electrons. The van der Waals surface area contributed by atoms with Crippen LogP contribution in [-0.4, -0.2) is 44.9 Å². The minimum absolute atomic E-state index is 0.165. The Morgan fingerprint density at radius 3 is 2.59 bits per heavy atom. The number of hydrogen-bond donors (Lipinski definition) is 1. The van der Waals surface area contributed by atoms with Gasteiger partial charge in [0.05, 0.1) is 13.8 Å². The average Bonchev–Trinajstić information content (AvgIpc) is 2.59. The fourth-order valence-electron chi connectivity index (χ4n) is 3.23. The molecule has 1 fully saturated rings. The smallest absolute Gasteiger partial charge is 0.119 e. The van der Waals surface area contributed by atoms with Crippen LogP contribution in [0.2, 0.25) is 0 Å². The van der Waals surface area contributed by atoms with Crippen molar-refractivity contribution in [1.29, 1.82) is 0 Å².